The maximum atomic E-state index is 5.77. The number of methoxy groups -OCH3 is 1. The highest BCUT2D eigenvalue weighted by Crippen LogP contribution is 2.21. The molecule has 94 valence electrons. The third-order valence-corrected chi connectivity index (χ3v) is 3.69. The number of hydrogen-bond donors (Lipinski definition) is 0. The van der Waals surface area contributed by atoms with Crippen molar-refractivity contribution in [2.24, 2.45) is 5.92 Å². The molecule has 0 aliphatic carbocycles. The van der Waals surface area contributed by atoms with Crippen LogP contribution in [0.3, 0.4) is 0 Å². The number of rotatable bonds is 3. The smallest absolute Gasteiger partial charge is 0.129 e. The van der Waals surface area contributed by atoms with Crippen molar-refractivity contribution < 1.29 is 4.74 Å². The maximum absolute atomic E-state index is 5.77. The average molecular weight is 255 g/mol. The van der Waals surface area contributed by atoms with Crippen LogP contribution < -0.4 is 0 Å². The van der Waals surface area contributed by atoms with Gasteiger partial charge in [0.1, 0.15) is 5.15 Å². The number of hydrogen-bond acceptors (Lipinski definition) is 3. The third-order valence-electron chi connectivity index (χ3n) is 3.47. The molecule has 4 heteroatoms. The standard InChI is InChI=1S/C13H19ClN2O/c1-10-5-6-16(9-12(10)17-2)8-11-3-4-13(14)15-7-11/h3-4,7,10,12H,5-6,8-9H2,1-2H3. The summed E-state index contributed by atoms with van der Waals surface area (Å²) in [6.45, 7) is 5.32. The first-order chi connectivity index (χ1) is 8.19. The van der Waals surface area contributed by atoms with E-state index in [-0.39, 0.29) is 0 Å². The monoisotopic (exact) mass is 254 g/mol. The van der Waals surface area contributed by atoms with Crippen molar-refractivity contribution in [2.45, 2.75) is 26.0 Å². The second kappa shape index (κ2) is 5.80. The van der Waals surface area contributed by atoms with Crippen LogP contribution in [0.5, 0.6) is 0 Å². The predicted octanol–water partition coefficient (Wildman–Crippen LogP) is 2.59. The fourth-order valence-electron chi connectivity index (χ4n) is 2.31. The number of aromatic nitrogens is 1. The van der Waals surface area contributed by atoms with Crippen molar-refractivity contribution in [3.8, 4) is 0 Å². The molecule has 1 aromatic heterocycles. The Hall–Kier alpha value is -0.640. The molecule has 1 aliphatic rings. The Kier molecular flexibility index (Phi) is 4.37. The molecule has 1 fully saturated rings. The van der Waals surface area contributed by atoms with Gasteiger partial charge in [-0.1, -0.05) is 24.6 Å². The van der Waals surface area contributed by atoms with E-state index in [1.165, 1.54) is 12.0 Å². The van der Waals surface area contributed by atoms with Crippen LogP contribution in [0.4, 0.5) is 0 Å². The molecule has 0 amide bonds. The topological polar surface area (TPSA) is 25.4 Å². The summed E-state index contributed by atoms with van der Waals surface area (Å²) in [6.07, 6.45) is 3.39. The molecule has 17 heavy (non-hydrogen) atoms. The van der Waals surface area contributed by atoms with Crippen LogP contribution in [0.15, 0.2) is 18.3 Å². The van der Waals surface area contributed by atoms with Gasteiger partial charge in [-0.3, -0.25) is 4.90 Å². The minimum atomic E-state index is 0.351. The molecule has 3 nitrogen and oxygen atoms in total. The van der Waals surface area contributed by atoms with E-state index in [4.69, 9.17) is 16.3 Å². The summed E-state index contributed by atoms with van der Waals surface area (Å²) < 4.78 is 5.51. The van der Waals surface area contributed by atoms with Crippen LogP contribution in [0.25, 0.3) is 0 Å². The van der Waals surface area contributed by atoms with Gasteiger partial charge in [-0.05, 0) is 30.5 Å². The molecular weight excluding hydrogens is 236 g/mol. The summed E-state index contributed by atoms with van der Waals surface area (Å²) in [5.41, 5.74) is 1.21. The second-order valence-electron chi connectivity index (χ2n) is 4.76. The van der Waals surface area contributed by atoms with E-state index in [1.54, 1.807) is 7.11 Å². The Morgan fingerprint density at radius 2 is 2.35 bits per heavy atom. The van der Waals surface area contributed by atoms with E-state index in [2.05, 4.69) is 16.8 Å². The van der Waals surface area contributed by atoms with Gasteiger partial charge in [-0.25, -0.2) is 4.98 Å². The quantitative estimate of drug-likeness (QED) is 0.776. The van der Waals surface area contributed by atoms with Crippen molar-refractivity contribution in [3.05, 3.63) is 29.0 Å². The van der Waals surface area contributed by atoms with Crippen molar-refractivity contribution in [2.75, 3.05) is 20.2 Å². The zero-order chi connectivity index (χ0) is 12.3. The van der Waals surface area contributed by atoms with Gasteiger partial charge in [-0.2, -0.15) is 0 Å². The normalized spacial score (nSPS) is 26.1. The van der Waals surface area contributed by atoms with Gasteiger partial charge in [0.2, 0.25) is 0 Å². The fourth-order valence-corrected chi connectivity index (χ4v) is 2.42. The Bertz CT molecular complexity index is 355. The molecule has 1 aliphatic heterocycles. The summed E-state index contributed by atoms with van der Waals surface area (Å²) in [5.74, 6) is 0.652. The van der Waals surface area contributed by atoms with E-state index in [0.717, 1.165) is 19.6 Å². The molecule has 2 rings (SSSR count). The molecule has 0 radical (unpaired) electrons. The van der Waals surface area contributed by atoms with Gasteiger partial charge in [0, 0.05) is 26.4 Å². The molecule has 0 aromatic carbocycles. The van der Waals surface area contributed by atoms with Gasteiger partial charge in [0.25, 0.3) is 0 Å². The Morgan fingerprint density at radius 3 is 3.00 bits per heavy atom. The minimum Gasteiger partial charge on any atom is -0.380 e. The lowest BCUT2D eigenvalue weighted by Gasteiger charge is -2.36. The van der Waals surface area contributed by atoms with E-state index in [1.807, 2.05) is 18.3 Å². The molecule has 0 saturated carbocycles. The third kappa shape index (κ3) is 3.41. The molecule has 2 atom stereocenters. The molecular formula is C13H19ClN2O. The highest BCUT2D eigenvalue weighted by molar-refractivity contribution is 6.29. The SMILES string of the molecule is COC1CN(Cc2ccc(Cl)nc2)CCC1C. The number of likely N-dealkylation sites (tertiary alicyclic amines) is 1. The summed E-state index contributed by atoms with van der Waals surface area (Å²) >= 11 is 5.77. The number of piperidine rings is 1. The molecule has 2 heterocycles. The maximum Gasteiger partial charge on any atom is 0.129 e. The summed E-state index contributed by atoms with van der Waals surface area (Å²) in [7, 11) is 1.80. The minimum absolute atomic E-state index is 0.351. The molecule has 2 unspecified atom stereocenters. The summed E-state index contributed by atoms with van der Waals surface area (Å²) in [6, 6.07) is 3.88. The van der Waals surface area contributed by atoms with Gasteiger partial charge in [0.05, 0.1) is 6.10 Å². The summed E-state index contributed by atoms with van der Waals surface area (Å²) in [5, 5.41) is 0.552. The highest BCUT2D eigenvalue weighted by atomic mass is 35.5. The van der Waals surface area contributed by atoms with Crippen LogP contribution in [0.1, 0.15) is 18.9 Å². The van der Waals surface area contributed by atoms with Gasteiger partial charge in [0.15, 0.2) is 0 Å². The number of pyridine rings is 1. The number of ether oxygens (including phenoxy) is 1. The molecule has 1 aromatic rings. The van der Waals surface area contributed by atoms with E-state index >= 15 is 0 Å². The van der Waals surface area contributed by atoms with E-state index in [9.17, 15) is 0 Å². The van der Waals surface area contributed by atoms with E-state index < -0.39 is 0 Å². The first-order valence-corrected chi connectivity index (χ1v) is 6.42. The summed E-state index contributed by atoms with van der Waals surface area (Å²) in [4.78, 5) is 6.52. The van der Waals surface area contributed by atoms with Crippen LogP contribution in [0, 0.1) is 5.92 Å². The largest absolute Gasteiger partial charge is 0.380 e. The van der Waals surface area contributed by atoms with Crippen molar-refractivity contribution >= 4 is 11.6 Å². The highest BCUT2D eigenvalue weighted by Gasteiger charge is 2.25. The second-order valence-corrected chi connectivity index (χ2v) is 5.15. The van der Waals surface area contributed by atoms with Crippen LogP contribution in [-0.2, 0) is 11.3 Å². The van der Waals surface area contributed by atoms with Gasteiger partial charge >= 0.3 is 0 Å². The van der Waals surface area contributed by atoms with Crippen molar-refractivity contribution in [1.29, 1.82) is 0 Å². The van der Waals surface area contributed by atoms with Gasteiger partial charge in [-0.15, -0.1) is 0 Å². The molecule has 0 bridgehead atoms. The lowest BCUT2D eigenvalue weighted by Crippen LogP contribution is -2.43. The molecule has 0 spiro atoms. The molecule has 1 saturated heterocycles. The Morgan fingerprint density at radius 1 is 1.53 bits per heavy atom. The molecule has 0 N–H and O–H groups in total. The first kappa shape index (κ1) is 12.8. The first-order valence-electron chi connectivity index (χ1n) is 6.04. The zero-order valence-electron chi connectivity index (χ0n) is 10.4. The van der Waals surface area contributed by atoms with Crippen molar-refractivity contribution in [3.63, 3.8) is 0 Å². The van der Waals surface area contributed by atoms with Crippen LogP contribution in [0.2, 0.25) is 5.15 Å². The van der Waals surface area contributed by atoms with Crippen LogP contribution >= 0.6 is 11.6 Å². The zero-order valence-corrected chi connectivity index (χ0v) is 11.2. The number of nitrogens with zero attached hydrogens (tertiary/aromatic N) is 2. The van der Waals surface area contributed by atoms with Crippen LogP contribution in [-0.4, -0.2) is 36.2 Å². The number of halogens is 1. The van der Waals surface area contributed by atoms with Crippen molar-refractivity contribution in [1.82, 2.24) is 9.88 Å². The Labute approximate surface area is 108 Å². The lowest BCUT2D eigenvalue weighted by molar-refractivity contribution is -0.00747. The van der Waals surface area contributed by atoms with E-state index in [0.29, 0.717) is 17.2 Å². The predicted molar refractivity (Wildman–Crippen MR) is 69.1 cm³/mol. The fraction of sp³-hybridized carbons (Fsp3) is 0.615. The van der Waals surface area contributed by atoms with Gasteiger partial charge < -0.3 is 4.74 Å². The lowest BCUT2D eigenvalue weighted by atomic mass is 9.95. The Balaban J connectivity index is 1.93. The average Bonchev–Trinajstić information content (AvgIpc) is 2.34.